The number of likely N-dealkylation sites (tertiary alicyclic amines) is 1. The second kappa shape index (κ2) is 5.99. The van der Waals surface area contributed by atoms with Crippen molar-refractivity contribution >= 4 is 5.91 Å². The third-order valence-corrected chi connectivity index (χ3v) is 4.21. The second-order valence-electron chi connectivity index (χ2n) is 5.71. The molecule has 5 nitrogen and oxygen atoms in total. The molecule has 2 saturated heterocycles. The van der Waals surface area contributed by atoms with Crippen molar-refractivity contribution in [3.8, 4) is 0 Å². The largest absolute Gasteiger partial charge is 0.393 e. The molecule has 0 aromatic rings. The van der Waals surface area contributed by atoms with Gasteiger partial charge in [0.1, 0.15) is 0 Å². The minimum Gasteiger partial charge on any atom is -0.393 e. The van der Waals surface area contributed by atoms with Gasteiger partial charge in [-0.3, -0.25) is 9.69 Å². The van der Waals surface area contributed by atoms with E-state index >= 15 is 0 Å². The lowest BCUT2D eigenvalue weighted by Gasteiger charge is -2.33. The molecule has 18 heavy (non-hydrogen) atoms. The summed E-state index contributed by atoms with van der Waals surface area (Å²) in [6.45, 7) is 7.81. The van der Waals surface area contributed by atoms with Gasteiger partial charge in [-0.05, 0) is 32.9 Å². The van der Waals surface area contributed by atoms with Gasteiger partial charge in [0.15, 0.2) is 0 Å². The Hall–Kier alpha value is -0.650. The van der Waals surface area contributed by atoms with Crippen molar-refractivity contribution in [2.24, 2.45) is 5.92 Å². The van der Waals surface area contributed by atoms with E-state index in [1.165, 1.54) is 0 Å². The summed E-state index contributed by atoms with van der Waals surface area (Å²) in [4.78, 5) is 18.5. The topological polar surface area (TPSA) is 47.0 Å². The number of amides is 1. The van der Waals surface area contributed by atoms with Crippen LogP contribution in [0.15, 0.2) is 0 Å². The molecule has 0 saturated carbocycles. The Kier molecular flexibility index (Phi) is 4.59. The van der Waals surface area contributed by atoms with E-state index in [0.29, 0.717) is 12.5 Å². The molecule has 0 aromatic carbocycles. The number of aliphatic hydroxyl groups excluding tert-OH is 1. The van der Waals surface area contributed by atoms with Gasteiger partial charge >= 0.3 is 0 Å². The number of hydrogen-bond donors (Lipinski definition) is 1. The fourth-order valence-electron chi connectivity index (χ4n) is 2.75. The predicted octanol–water partition coefficient (Wildman–Crippen LogP) is -0.537. The number of rotatable bonds is 3. The van der Waals surface area contributed by atoms with E-state index in [1.807, 2.05) is 11.8 Å². The summed E-state index contributed by atoms with van der Waals surface area (Å²) in [6.07, 6.45) is 0.752. The third-order valence-electron chi connectivity index (χ3n) is 4.21. The average Bonchev–Trinajstić information content (AvgIpc) is 2.78. The highest BCUT2D eigenvalue weighted by Crippen LogP contribution is 2.19. The summed E-state index contributed by atoms with van der Waals surface area (Å²) in [6, 6.07) is 0. The van der Waals surface area contributed by atoms with Crippen LogP contribution in [-0.4, -0.2) is 84.7 Å². The lowest BCUT2D eigenvalue weighted by atomic mass is 10.0. The van der Waals surface area contributed by atoms with Gasteiger partial charge in [-0.15, -0.1) is 0 Å². The van der Waals surface area contributed by atoms with Crippen LogP contribution >= 0.6 is 0 Å². The number of piperazine rings is 1. The molecular weight excluding hydrogens is 230 g/mol. The first-order chi connectivity index (χ1) is 8.56. The summed E-state index contributed by atoms with van der Waals surface area (Å²) in [5.74, 6) is 0.583. The molecule has 0 spiro atoms. The van der Waals surface area contributed by atoms with Crippen LogP contribution in [0.2, 0.25) is 0 Å². The smallest absolute Gasteiger partial charge is 0.236 e. The van der Waals surface area contributed by atoms with Crippen molar-refractivity contribution in [1.29, 1.82) is 0 Å². The van der Waals surface area contributed by atoms with Crippen LogP contribution in [0.3, 0.4) is 0 Å². The number of nitrogens with zero attached hydrogens (tertiary/aromatic N) is 3. The zero-order valence-electron chi connectivity index (χ0n) is 11.5. The molecule has 0 aliphatic carbocycles. The zero-order valence-corrected chi connectivity index (χ0v) is 11.5. The highest BCUT2D eigenvalue weighted by Gasteiger charge is 2.28. The molecule has 0 radical (unpaired) electrons. The first kappa shape index (κ1) is 13.8. The summed E-state index contributed by atoms with van der Waals surface area (Å²) in [5.41, 5.74) is 0. The van der Waals surface area contributed by atoms with Gasteiger partial charge in [0.25, 0.3) is 0 Å². The number of hydrogen-bond acceptors (Lipinski definition) is 4. The molecule has 1 amide bonds. The van der Waals surface area contributed by atoms with Crippen LogP contribution in [0.5, 0.6) is 0 Å². The molecule has 2 rings (SSSR count). The minimum atomic E-state index is -0.256. The Balaban J connectivity index is 1.75. The standard InChI is InChI=1S/C13H25N3O2/c1-11(17)12-3-4-15(9-12)10-13(18)16-7-5-14(2)6-8-16/h11-12,17H,3-10H2,1-2H3. The highest BCUT2D eigenvalue weighted by molar-refractivity contribution is 5.78. The van der Waals surface area contributed by atoms with Crippen LogP contribution in [0.4, 0.5) is 0 Å². The normalized spacial score (nSPS) is 28.6. The molecule has 0 bridgehead atoms. The van der Waals surface area contributed by atoms with Gasteiger partial charge in [-0.25, -0.2) is 0 Å². The highest BCUT2D eigenvalue weighted by atomic mass is 16.3. The summed E-state index contributed by atoms with van der Waals surface area (Å²) in [5, 5.41) is 9.55. The van der Waals surface area contributed by atoms with Crippen molar-refractivity contribution in [2.45, 2.75) is 19.4 Å². The number of carbonyl (C=O) groups is 1. The summed E-state index contributed by atoms with van der Waals surface area (Å²) < 4.78 is 0. The molecule has 2 heterocycles. The van der Waals surface area contributed by atoms with Gasteiger partial charge in [-0.2, -0.15) is 0 Å². The molecule has 1 N–H and O–H groups in total. The molecule has 104 valence electrons. The summed E-state index contributed by atoms with van der Waals surface area (Å²) in [7, 11) is 2.09. The number of aliphatic hydroxyl groups is 1. The Morgan fingerprint density at radius 1 is 1.28 bits per heavy atom. The number of carbonyl (C=O) groups excluding carboxylic acids is 1. The van der Waals surface area contributed by atoms with Crippen molar-refractivity contribution in [3.63, 3.8) is 0 Å². The Labute approximate surface area is 109 Å². The van der Waals surface area contributed by atoms with E-state index in [2.05, 4.69) is 16.8 Å². The van der Waals surface area contributed by atoms with E-state index in [4.69, 9.17) is 0 Å². The lowest BCUT2D eigenvalue weighted by molar-refractivity contribution is -0.133. The second-order valence-corrected chi connectivity index (χ2v) is 5.71. The average molecular weight is 255 g/mol. The van der Waals surface area contributed by atoms with Crippen molar-refractivity contribution in [3.05, 3.63) is 0 Å². The molecule has 2 atom stereocenters. The first-order valence-electron chi connectivity index (χ1n) is 6.93. The quantitative estimate of drug-likeness (QED) is 0.736. The van der Waals surface area contributed by atoms with E-state index < -0.39 is 0 Å². The Morgan fingerprint density at radius 3 is 2.50 bits per heavy atom. The van der Waals surface area contributed by atoms with Crippen molar-refractivity contribution < 1.29 is 9.90 Å². The van der Waals surface area contributed by atoms with Crippen molar-refractivity contribution in [2.75, 3.05) is 52.9 Å². The third kappa shape index (κ3) is 3.43. The van der Waals surface area contributed by atoms with Crippen LogP contribution in [0.1, 0.15) is 13.3 Å². The molecule has 2 aliphatic rings. The van der Waals surface area contributed by atoms with E-state index in [1.54, 1.807) is 0 Å². The van der Waals surface area contributed by atoms with Gasteiger partial charge in [0.05, 0.1) is 12.6 Å². The molecule has 0 aromatic heterocycles. The van der Waals surface area contributed by atoms with E-state index in [-0.39, 0.29) is 12.0 Å². The van der Waals surface area contributed by atoms with Crippen LogP contribution in [-0.2, 0) is 4.79 Å². The molecule has 5 heteroatoms. The van der Waals surface area contributed by atoms with Gasteiger partial charge in [0, 0.05) is 32.7 Å². The fourth-order valence-corrected chi connectivity index (χ4v) is 2.75. The van der Waals surface area contributed by atoms with Crippen LogP contribution in [0, 0.1) is 5.92 Å². The maximum Gasteiger partial charge on any atom is 0.236 e. The SMILES string of the molecule is CC(O)C1CCN(CC(=O)N2CCN(C)CC2)C1. The molecule has 2 aliphatic heterocycles. The van der Waals surface area contributed by atoms with Crippen LogP contribution < -0.4 is 0 Å². The van der Waals surface area contributed by atoms with Crippen molar-refractivity contribution in [1.82, 2.24) is 14.7 Å². The summed E-state index contributed by atoms with van der Waals surface area (Å²) >= 11 is 0. The molecule has 2 fully saturated rings. The maximum atomic E-state index is 12.1. The van der Waals surface area contributed by atoms with Gasteiger partial charge in [-0.1, -0.05) is 0 Å². The van der Waals surface area contributed by atoms with E-state index in [9.17, 15) is 9.90 Å². The van der Waals surface area contributed by atoms with Gasteiger partial charge in [0.2, 0.25) is 5.91 Å². The fraction of sp³-hybridized carbons (Fsp3) is 0.923. The zero-order chi connectivity index (χ0) is 13.1. The predicted molar refractivity (Wildman–Crippen MR) is 70.3 cm³/mol. The maximum absolute atomic E-state index is 12.1. The lowest BCUT2D eigenvalue weighted by Crippen LogP contribution is -2.49. The Morgan fingerprint density at radius 2 is 1.94 bits per heavy atom. The van der Waals surface area contributed by atoms with Gasteiger partial charge < -0.3 is 14.9 Å². The number of likely N-dealkylation sites (N-methyl/N-ethyl adjacent to an activating group) is 1. The van der Waals surface area contributed by atoms with Crippen LogP contribution in [0.25, 0.3) is 0 Å². The first-order valence-corrected chi connectivity index (χ1v) is 6.93. The van der Waals surface area contributed by atoms with E-state index in [0.717, 1.165) is 45.7 Å². The molecular formula is C13H25N3O2. The minimum absolute atomic E-state index is 0.245. The Bertz CT molecular complexity index is 288. The monoisotopic (exact) mass is 255 g/mol. The molecule has 2 unspecified atom stereocenters.